The van der Waals surface area contributed by atoms with Crippen molar-refractivity contribution in [3.05, 3.63) is 17.7 Å². The Morgan fingerprint density at radius 2 is 1.70 bits per heavy atom. The average molecular weight is 423 g/mol. The Morgan fingerprint density at radius 3 is 2.20 bits per heavy atom. The lowest BCUT2D eigenvalue weighted by atomic mass is 10.0. The van der Waals surface area contributed by atoms with Crippen molar-refractivity contribution in [1.29, 1.82) is 0 Å². The molecule has 0 aromatic heterocycles. The van der Waals surface area contributed by atoms with E-state index in [0.29, 0.717) is 35.8 Å². The monoisotopic (exact) mass is 422 g/mol. The molecule has 0 aliphatic carbocycles. The number of guanidine groups is 1. The number of nitrogens with one attached hydrogen (secondary N) is 2. The molecular formula is C22H38N4O4. The number of morpholine rings is 1. The van der Waals surface area contributed by atoms with E-state index in [1.807, 2.05) is 12.1 Å². The summed E-state index contributed by atoms with van der Waals surface area (Å²) < 4.78 is 21.8. The van der Waals surface area contributed by atoms with Gasteiger partial charge in [0.25, 0.3) is 0 Å². The number of ether oxygens (including phenoxy) is 4. The van der Waals surface area contributed by atoms with Gasteiger partial charge in [0, 0.05) is 39.3 Å². The van der Waals surface area contributed by atoms with Crippen LogP contribution in [0.25, 0.3) is 0 Å². The molecule has 0 amide bonds. The van der Waals surface area contributed by atoms with Gasteiger partial charge in [-0.3, -0.25) is 9.89 Å². The maximum atomic E-state index is 5.52. The van der Waals surface area contributed by atoms with Gasteiger partial charge in [0.05, 0.1) is 34.5 Å². The van der Waals surface area contributed by atoms with E-state index in [-0.39, 0.29) is 0 Å². The van der Waals surface area contributed by atoms with E-state index >= 15 is 0 Å². The maximum absolute atomic E-state index is 5.52. The van der Waals surface area contributed by atoms with Gasteiger partial charge in [0.2, 0.25) is 5.75 Å². The third-order valence-electron chi connectivity index (χ3n) is 5.22. The zero-order valence-electron chi connectivity index (χ0n) is 19.3. The molecule has 0 radical (unpaired) electrons. The van der Waals surface area contributed by atoms with Crippen LogP contribution in [-0.2, 0) is 11.3 Å². The van der Waals surface area contributed by atoms with Crippen molar-refractivity contribution in [2.75, 3.05) is 61.2 Å². The summed E-state index contributed by atoms with van der Waals surface area (Å²) in [5.41, 5.74) is 1.01. The molecule has 1 saturated heterocycles. The highest BCUT2D eigenvalue weighted by molar-refractivity contribution is 5.79. The molecule has 1 aliphatic rings. The molecule has 30 heavy (non-hydrogen) atoms. The Bertz CT molecular complexity index is 650. The van der Waals surface area contributed by atoms with Crippen LogP contribution >= 0.6 is 0 Å². The highest BCUT2D eigenvalue weighted by Gasteiger charge is 2.22. The summed E-state index contributed by atoms with van der Waals surface area (Å²) in [7, 11) is 6.63. The van der Waals surface area contributed by atoms with E-state index in [1.165, 1.54) is 0 Å². The third-order valence-corrected chi connectivity index (χ3v) is 5.22. The summed E-state index contributed by atoms with van der Waals surface area (Å²) >= 11 is 0. The Morgan fingerprint density at radius 1 is 1.07 bits per heavy atom. The molecule has 1 aliphatic heterocycles. The van der Waals surface area contributed by atoms with Gasteiger partial charge in [0.1, 0.15) is 0 Å². The van der Waals surface area contributed by atoms with Gasteiger partial charge in [0.15, 0.2) is 17.5 Å². The number of methoxy groups -OCH3 is 3. The second kappa shape index (κ2) is 12.5. The summed E-state index contributed by atoms with van der Waals surface area (Å²) in [5.74, 6) is 3.27. The molecule has 2 rings (SSSR count). The van der Waals surface area contributed by atoms with Crippen LogP contribution in [0.5, 0.6) is 17.2 Å². The SMILES string of the molecule is CN=C(NCc1cc(OC)c(OC)c(OC)c1)NCC(CC(C)C)N1CCOCC1. The predicted molar refractivity (Wildman–Crippen MR) is 120 cm³/mol. The van der Waals surface area contributed by atoms with Crippen LogP contribution in [0.4, 0.5) is 0 Å². The molecule has 0 spiro atoms. The van der Waals surface area contributed by atoms with Crippen molar-refractivity contribution in [2.45, 2.75) is 32.9 Å². The largest absolute Gasteiger partial charge is 0.493 e. The average Bonchev–Trinajstić information content (AvgIpc) is 2.77. The van der Waals surface area contributed by atoms with Crippen LogP contribution in [0.2, 0.25) is 0 Å². The van der Waals surface area contributed by atoms with Gasteiger partial charge in [-0.2, -0.15) is 0 Å². The minimum absolute atomic E-state index is 0.452. The van der Waals surface area contributed by atoms with Crippen LogP contribution in [0.3, 0.4) is 0 Å². The quantitative estimate of drug-likeness (QED) is 0.442. The number of nitrogens with zero attached hydrogens (tertiary/aromatic N) is 2. The second-order valence-corrected chi connectivity index (χ2v) is 7.77. The van der Waals surface area contributed by atoms with Crippen molar-refractivity contribution in [3.63, 3.8) is 0 Å². The summed E-state index contributed by atoms with van der Waals surface area (Å²) in [6.07, 6.45) is 1.14. The molecule has 1 unspecified atom stereocenters. The fraction of sp³-hybridized carbons (Fsp3) is 0.682. The van der Waals surface area contributed by atoms with Crippen LogP contribution in [0.15, 0.2) is 17.1 Å². The Kier molecular flexibility index (Phi) is 10.0. The highest BCUT2D eigenvalue weighted by atomic mass is 16.5. The smallest absolute Gasteiger partial charge is 0.203 e. The standard InChI is InChI=1S/C22H38N4O4/c1-16(2)11-18(26-7-9-30-10-8-26)15-25-22(23-3)24-14-17-12-19(27-4)21(29-6)20(13-17)28-5/h12-13,16,18H,7-11,14-15H2,1-6H3,(H2,23,24,25). The van der Waals surface area contributed by atoms with Crippen molar-refractivity contribution < 1.29 is 18.9 Å². The van der Waals surface area contributed by atoms with Gasteiger partial charge >= 0.3 is 0 Å². The van der Waals surface area contributed by atoms with E-state index in [9.17, 15) is 0 Å². The zero-order valence-corrected chi connectivity index (χ0v) is 19.3. The predicted octanol–water partition coefficient (Wildman–Crippen LogP) is 2.12. The molecule has 0 saturated carbocycles. The van der Waals surface area contributed by atoms with Gasteiger partial charge in [-0.05, 0) is 30.0 Å². The van der Waals surface area contributed by atoms with Crippen molar-refractivity contribution >= 4 is 5.96 Å². The summed E-state index contributed by atoms with van der Waals surface area (Å²) in [4.78, 5) is 6.90. The first-order valence-corrected chi connectivity index (χ1v) is 10.6. The zero-order chi connectivity index (χ0) is 21.9. The van der Waals surface area contributed by atoms with E-state index < -0.39 is 0 Å². The van der Waals surface area contributed by atoms with Gasteiger partial charge in [-0.25, -0.2) is 0 Å². The minimum Gasteiger partial charge on any atom is -0.493 e. The molecular weight excluding hydrogens is 384 g/mol. The number of aliphatic imine (C=N–C) groups is 1. The molecule has 1 heterocycles. The van der Waals surface area contributed by atoms with Crippen LogP contribution in [0, 0.1) is 5.92 Å². The molecule has 8 heteroatoms. The van der Waals surface area contributed by atoms with E-state index in [0.717, 1.165) is 50.8 Å². The van der Waals surface area contributed by atoms with Crippen LogP contribution < -0.4 is 24.8 Å². The molecule has 8 nitrogen and oxygen atoms in total. The highest BCUT2D eigenvalue weighted by Crippen LogP contribution is 2.38. The fourth-order valence-corrected chi connectivity index (χ4v) is 3.71. The molecule has 1 aromatic carbocycles. The van der Waals surface area contributed by atoms with Crippen molar-refractivity contribution in [1.82, 2.24) is 15.5 Å². The second-order valence-electron chi connectivity index (χ2n) is 7.77. The normalized spacial score (nSPS) is 16.3. The van der Waals surface area contributed by atoms with E-state index in [2.05, 4.69) is 34.4 Å². The Balaban J connectivity index is 1.98. The Hall–Kier alpha value is -2.19. The first kappa shape index (κ1) is 24.1. The molecule has 1 aromatic rings. The lowest BCUT2D eigenvalue weighted by molar-refractivity contribution is 0.0132. The lowest BCUT2D eigenvalue weighted by Gasteiger charge is -2.35. The molecule has 1 fully saturated rings. The molecule has 0 bridgehead atoms. The van der Waals surface area contributed by atoms with E-state index in [4.69, 9.17) is 18.9 Å². The molecule has 2 N–H and O–H groups in total. The summed E-state index contributed by atoms with van der Waals surface area (Å²) in [5, 5.41) is 6.87. The van der Waals surface area contributed by atoms with E-state index in [1.54, 1.807) is 28.4 Å². The summed E-state index contributed by atoms with van der Waals surface area (Å²) in [6, 6.07) is 4.34. The summed E-state index contributed by atoms with van der Waals surface area (Å²) in [6.45, 7) is 9.55. The van der Waals surface area contributed by atoms with Gasteiger partial charge < -0.3 is 29.6 Å². The van der Waals surface area contributed by atoms with Crippen LogP contribution in [-0.4, -0.2) is 78.1 Å². The maximum Gasteiger partial charge on any atom is 0.203 e. The first-order chi connectivity index (χ1) is 14.5. The van der Waals surface area contributed by atoms with Crippen molar-refractivity contribution in [3.8, 4) is 17.2 Å². The minimum atomic E-state index is 0.452. The van der Waals surface area contributed by atoms with Crippen LogP contribution in [0.1, 0.15) is 25.8 Å². The Labute approximate surface area is 180 Å². The topological polar surface area (TPSA) is 76.6 Å². The molecule has 170 valence electrons. The number of rotatable bonds is 10. The molecule has 1 atom stereocenters. The third kappa shape index (κ3) is 6.95. The number of hydrogen-bond acceptors (Lipinski definition) is 6. The van der Waals surface area contributed by atoms with Gasteiger partial charge in [-0.15, -0.1) is 0 Å². The fourth-order valence-electron chi connectivity index (χ4n) is 3.71. The number of hydrogen-bond donors (Lipinski definition) is 2. The lowest BCUT2D eigenvalue weighted by Crippen LogP contribution is -2.50. The van der Waals surface area contributed by atoms with Gasteiger partial charge in [-0.1, -0.05) is 13.8 Å². The van der Waals surface area contributed by atoms with Crippen molar-refractivity contribution in [2.24, 2.45) is 10.9 Å². The first-order valence-electron chi connectivity index (χ1n) is 10.6. The number of benzene rings is 1.